The largest absolute Gasteiger partial charge is 0.348 e. The lowest BCUT2D eigenvalue weighted by atomic mass is 9.97. The lowest BCUT2D eigenvalue weighted by Gasteiger charge is -2.21. The number of carbonyl (C=O) groups is 1. The summed E-state index contributed by atoms with van der Waals surface area (Å²) in [5.41, 5.74) is 5.51. The van der Waals surface area contributed by atoms with Gasteiger partial charge in [0.25, 0.3) is 0 Å². The molecule has 1 atom stereocenters. The van der Waals surface area contributed by atoms with Gasteiger partial charge in [0, 0.05) is 5.38 Å². The maximum Gasteiger partial charge on any atom is 0.240 e. The van der Waals surface area contributed by atoms with Crippen LogP contribution in [-0.4, -0.2) is 20.4 Å². The van der Waals surface area contributed by atoms with Crippen LogP contribution in [0.1, 0.15) is 31.9 Å². The van der Waals surface area contributed by atoms with Crippen LogP contribution >= 0.6 is 11.3 Å². The number of aromatic nitrogens is 3. The summed E-state index contributed by atoms with van der Waals surface area (Å²) in [5, 5.41) is 5.19. The van der Waals surface area contributed by atoms with Crippen LogP contribution in [0.4, 0.5) is 0 Å². The molecule has 1 amide bonds. The Labute approximate surface area is 174 Å². The molecule has 0 radical (unpaired) electrons. The number of benzene rings is 2. The monoisotopic (exact) mass is 404 g/mol. The van der Waals surface area contributed by atoms with Crippen molar-refractivity contribution in [1.29, 1.82) is 0 Å². The van der Waals surface area contributed by atoms with E-state index in [0.29, 0.717) is 5.92 Å². The van der Waals surface area contributed by atoms with E-state index >= 15 is 0 Å². The third-order valence-corrected chi connectivity index (χ3v) is 5.45. The summed E-state index contributed by atoms with van der Waals surface area (Å²) in [6.07, 6.45) is 0.888. The number of carbonyl (C=O) groups excluding carboxylic acids is 1. The molecule has 4 rings (SSSR count). The van der Waals surface area contributed by atoms with Crippen molar-refractivity contribution in [2.45, 2.75) is 32.9 Å². The average molecular weight is 405 g/mol. The number of nitrogens with zero attached hydrogens (tertiary/aromatic N) is 3. The Morgan fingerprint density at radius 1 is 1.10 bits per heavy atom. The van der Waals surface area contributed by atoms with Crippen LogP contribution in [0.25, 0.3) is 22.6 Å². The molecule has 0 saturated heterocycles. The second-order valence-corrected chi connectivity index (χ2v) is 8.26. The first-order chi connectivity index (χ1) is 14.1. The van der Waals surface area contributed by atoms with Crippen molar-refractivity contribution < 1.29 is 4.79 Å². The number of nitrogens with one attached hydrogen (secondary N) is 1. The van der Waals surface area contributed by atoms with E-state index in [1.54, 1.807) is 5.51 Å². The van der Waals surface area contributed by atoms with Gasteiger partial charge in [-0.15, -0.1) is 11.3 Å². The first-order valence-electron chi connectivity index (χ1n) is 9.80. The van der Waals surface area contributed by atoms with Gasteiger partial charge in [-0.2, -0.15) is 0 Å². The zero-order chi connectivity index (χ0) is 20.2. The van der Waals surface area contributed by atoms with Crippen molar-refractivity contribution in [3.05, 3.63) is 71.1 Å². The molecule has 5 nitrogen and oxygen atoms in total. The van der Waals surface area contributed by atoms with Crippen molar-refractivity contribution in [2.24, 2.45) is 5.92 Å². The quantitative estimate of drug-likeness (QED) is 0.468. The minimum Gasteiger partial charge on any atom is -0.348 e. The van der Waals surface area contributed by atoms with Gasteiger partial charge in [-0.1, -0.05) is 56.3 Å². The highest BCUT2D eigenvalue weighted by atomic mass is 32.1. The van der Waals surface area contributed by atoms with E-state index in [1.165, 1.54) is 11.3 Å². The maximum absolute atomic E-state index is 13.1. The summed E-state index contributed by atoms with van der Waals surface area (Å²) in [7, 11) is 0. The summed E-state index contributed by atoms with van der Waals surface area (Å²) in [6.45, 7) is 4.55. The lowest BCUT2D eigenvalue weighted by Crippen LogP contribution is -2.32. The average Bonchev–Trinajstić information content (AvgIpc) is 3.36. The number of thiazole rings is 1. The summed E-state index contributed by atoms with van der Waals surface area (Å²) in [4.78, 5) is 22.2. The van der Waals surface area contributed by atoms with Crippen molar-refractivity contribution in [2.75, 3.05) is 0 Å². The number of imidazole rings is 1. The standard InChI is InChI=1S/C23H24N4OS/c1-16(2)12-19(17-8-4-3-5-9-17)25-22(28)13-27-21-11-7-6-10-18(21)26-23(27)20-14-29-15-24-20/h3-11,14-16,19H,12-13H2,1-2H3,(H,25,28). The predicted octanol–water partition coefficient (Wildman–Crippen LogP) is 5.06. The van der Waals surface area contributed by atoms with Crippen molar-refractivity contribution in [3.8, 4) is 11.5 Å². The van der Waals surface area contributed by atoms with Crippen molar-refractivity contribution in [1.82, 2.24) is 19.9 Å². The van der Waals surface area contributed by atoms with E-state index in [0.717, 1.165) is 34.5 Å². The van der Waals surface area contributed by atoms with E-state index in [9.17, 15) is 4.79 Å². The molecule has 148 valence electrons. The summed E-state index contributed by atoms with van der Waals surface area (Å²) in [5.74, 6) is 1.17. The highest BCUT2D eigenvalue weighted by Crippen LogP contribution is 2.25. The number of para-hydroxylation sites is 2. The fourth-order valence-electron chi connectivity index (χ4n) is 3.57. The van der Waals surface area contributed by atoms with Crippen LogP contribution in [0.15, 0.2) is 65.5 Å². The minimum atomic E-state index is -0.0286. The van der Waals surface area contributed by atoms with Crippen molar-refractivity contribution in [3.63, 3.8) is 0 Å². The Morgan fingerprint density at radius 2 is 1.86 bits per heavy atom. The number of hydrogen-bond acceptors (Lipinski definition) is 4. The molecule has 0 spiro atoms. The number of fused-ring (bicyclic) bond motifs is 1. The van der Waals surface area contributed by atoms with Gasteiger partial charge in [0.05, 0.1) is 22.6 Å². The van der Waals surface area contributed by atoms with Gasteiger partial charge < -0.3 is 9.88 Å². The molecule has 1 N–H and O–H groups in total. The third kappa shape index (κ3) is 4.38. The minimum absolute atomic E-state index is 0.0128. The van der Waals surface area contributed by atoms with Crippen LogP contribution in [0, 0.1) is 5.92 Å². The molecular weight excluding hydrogens is 380 g/mol. The first-order valence-corrected chi connectivity index (χ1v) is 10.7. The van der Waals surface area contributed by atoms with Crippen LogP contribution in [0.3, 0.4) is 0 Å². The van der Waals surface area contributed by atoms with E-state index in [4.69, 9.17) is 4.98 Å². The van der Waals surface area contributed by atoms with Gasteiger partial charge in [-0.05, 0) is 30.0 Å². The molecule has 1 unspecified atom stereocenters. The zero-order valence-corrected chi connectivity index (χ0v) is 17.4. The van der Waals surface area contributed by atoms with E-state index < -0.39 is 0 Å². The predicted molar refractivity (Wildman–Crippen MR) is 118 cm³/mol. The Hall–Kier alpha value is -2.99. The molecule has 0 fully saturated rings. The SMILES string of the molecule is CC(C)CC(NC(=O)Cn1c(-c2cscn2)nc2ccccc21)c1ccccc1. The second kappa shape index (κ2) is 8.57. The Bertz CT molecular complexity index is 1090. The highest BCUT2D eigenvalue weighted by Gasteiger charge is 2.20. The van der Waals surface area contributed by atoms with Crippen molar-refractivity contribution >= 4 is 28.3 Å². The van der Waals surface area contributed by atoms with Crippen LogP contribution < -0.4 is 5.32 Å². The van der Waals surface area contributed by atoms with Gasteiger partial charge in [0.15, 0.2) is 5.82 Å². The molecule has 0 aliphatic carbocycles. The van der Waals surface area contributed by atoms with Crippen LogP contribution in [-0.2, 0) is 11.3 Å². The Morgan fingerprint density at radius 3 is 2.59 bits per heavy atom. The first kappa shape index (κ1) is 19.3. The van der Waals surface area contributed by atoms with Gasteiger partial charge in [-0.3, -0.25) is 4.79 Å². The van der Waals surface area contributed by atoms with Gasteiger partial charge >= 0.3 is 0 Å². The number of hydrogen-bond donors (Lipinski definition) is 1. The molecule has 2 aromatic heterocycles. The maximum atomic E-state index is 13.1. The molecule has 2 heterocycles. The van der Waals surface area contributed by atoms with E-state index in [1.807, 2.05) is 52.4 Å². The lowest BCUT2D eigenvalue weighted by molar-refractivity contribution is -0.122. The normalized spacial score (nSPS) is 12.4. The summed E-state index contributed by atoms with van der Waals surface area (Å²) in [6, 6.07) is 18.0. The molecule has 0 aliphatic heterocycles. The zero-order valence-electron chi connectivity index (χ0n) is 16.6. The topological polar surface area (TPSA) is 59.8 Å². The third-order valence-electron chi connectivity index (χ3n) is 4.86. The van der Waals surface area contributed by atoms with Gasteiger partial charge in [-0.25, -0.2) is 9.97 Å². The van der Waals surface area contributed by atoms with Crippen LogP contribution in [0.5, 0.6) is 0 Å². The Balaban J connectivity index is 1.62. The molecule has 29 heavy (non-hydrogen) atoms. The molecule has 0 bridgehead atoms. The van der Waals surface area contributed by atoms with Gasteiger partial charge in [0.1, 0.15) is 12.2 Å². The Kier molecular flexibility index (Phi) is 5.71. The fraction of sp³-hybridized carbons (Fsp3) is 0.261. The molecular formula is C23H24N4OS. The highest BCUT2D eigenvalue weighted by molar-refractivity contribution is 7.07. The fourth-order valence-corrected chi connectivity index (χ4v) is 4.10. The molecule has 2 aromatic carbocycles. The summed E-state index contributed by atoms with van der Waals surface area (Å²) >= 11 is 1.52. The molecule has 0 saturated carbocycles. The molecule has 4 aromatic rings. The summed E-state index contributed by atoms with van der Waals surface area (Å²) < 4.78 is 1.96. The van der Waals surface area contributed by atoms with Crippen LogP contribution in [0.2, 0.25) is 0 Å². The van der Waals surface area contributed by atoms with Gasteiger partial charge in [0.2, 0.25) is 5.91 Å². The number of amides is 1. The number of rotatable bonds is 7. The molecule has 6 heteroatoms. The van der Waals surface area contributed by atoms with E-state index in [-0.39, 0.29) is 18.5 Å². The molecule has 0 aliphatic rings. The van der Waals surface area contributed by atoms with E-state index in [2.05, 4.69) is 36.3 Å². The smallest absolute Gasteiger partial charge is 0.240 e. The second-order valence-electron chi connectivity index (χ2n) is 7.54.